The van der Waals surface area contributed by atoms with Crippen LogP contribution >= 0.6 is 24.0 Å². The summed E-state index contributed by atoms with van der Waals surface area (Å²) < 4.78 is 21.3. The minimum atomic E-state index is 0. The fourth-order valence-corrected chi connectivity index (χ4v) is 2.83. The molecule has 0 fully saturated rings. The van der Waals surface area contributed by atoms with E-state index in [1.54, 1.807) is 27.6 Å². The molecule has 0 amide bonds. The van der Waals surface area contributed by atoms with E-state index in [1.165, 1.54) is 0 Å². The van der Waals surface area contributed by atoms with E-state index in [1.807, 2.05) is 31.3 Å². The number of aliphatic imine (C=N–C) groups is 1. The predicted molar refractivity (Wildman–Crippen MR) is 126 cm³/mol. The number of hydrogen-bond acceptors (Lipinski definition) is 5. The third-order valence-corrected chi connectivity index (χ3v) is 4.40. The van der Waals surface area contributed by atoms with Gasteiger partial charge >= 0.3 is 0 Å². The summed E-state index contributed by atoms with van der Waals surface area (Å²) in [5.41, 5.74) is 2.28. The Morgan fingerprint density at radius 3 is 2.52 bits per heavy atom. The summed E-state index contributed by atoms with van der Waals surface area (Å²) in [6.07, 6.45) is 2.48. The zero-order valence-corrected chi connectivity index (χ0v) is 20.2. The molecule has 1 aromatic carbocycles. The van der Waals surface area contributed by atoms with Gasteiger partial charge in [-0.2, -0.15) is 0 Å². The Kier molecular flexibility index (Phi) is 11.5. The molecule has 29 heavy (non-hydrogen) atoms. The van der Waals surface area contributed by atoms with Gasteiger partial charge in [-0.25, -0.2) is 0 Å². The molecule has 0 radical (unpaired) electrons. The Hall–Kier alpha value is -1.94. The van der Waals surface area contributed by atoms with Crippen LogP contribution in [0.5, 0.6) is 11.5 Å². The average molecular weight is 517 g/mol. The second-order valence-electron chi connectivity index (χ2n) is 6.44. The number of furan rings is 1. The predicted octanol–water partition coefficient (Wildman–Crippen LogP) is 3.49. The first-order valence-electron chi connectivity index (χ1n) is 9.31. The molecule has 0 spiro atoms. The van der Waals surface area contributed by atoms with Crippen LogP contribution in [0.2, 0.25) is 0 Å². The molecule has 0 bridgehead atoms. The molecule has 2 rings (SSSR count). The van der Waals surface area contributed by atoms with Crippen LogP contribution in [0, 0.1) is 6.92 Å². The van der Waals surface area contributed by atoms with Crippen LogP contribution in [-0.4, -0.2) is 58.9 Å². The topological polar surface area (TPSA) is 68.5 Å². The summed E-state index contributed by atoms with van der Waals surface area (Å²) in [7, 11) is 6.99. The number of rotatable bonds is 10. The van der Waals surface area contributed by atoms with Gasteiger partial charge in [-0.05, 0) is 42.3 Å². The highest BCUT2D eigenvalue weighted by Gasteiger charge is 2.13. The Morgan fingerprint density at radius 1 is 1.17 bits per heavy atom. The summed E-state index contributed by atoms with van der Waals surface area (Å²) in [6, 6.07) is 7.88. The van der Waals surface area contributed by atoms with Gasteiger partial charge in [-0.3, -0.25) is 4.99 Å². The van der Waals surface area contributed by atoms with E-state index in [0.717, 1.165) is 47.3 Å². The molecule has 0 unspecified atom stereocenters. The monoisotopic (exact) mass is 517 g/mol. The van der Waals surface area contributed by atoms with Crippen molar-refractivity contribution in [3.63, 3.8) is 0 Å². The van der Waals surface area contributed by atoms with Crippen LogP contribution in [0.3, 0.4) is 0 Å². The highest BCUT2D eigenvalue weighted by molar-refractivity contribution is 14.0. The smallest absolute Gasteiger partial charge is 0.194 e. The van der Waals surface area contributed by atoms with Gasteiger partial charge in [-0.15, -0.1) is 24.0 Å². The second-order valence-corrected chi connectivity index (χ2v) is 6.44. The highest BCUT2D eigenvalue weighted by atomic mass is 127. The molecule has 1 heterocycles. The van der Waals surface area contributed by atoms with Crippen molar-refractivity contribution in [3.05, 3.63) is 47.4 Å². The number of benzene rings is 1. The molecule has 0 saturated heterocycles. The lowest BCUT2D eigenvalue weighted by Gasteiger charge is -2.24. The standard InChI is InChI=1S/C21H31N3O4.HI/c1-16-13-19(26-4)20(27-5)14-17(16)15-24(2)21(23-10-12-25-3)22-9-8-18-7-6-11-28-18;/h6-7,11,13-14H,8-10,12,15H2,1-5H3,(H,22,23);1H. The van der Waals surface area contributed by atoms with Crippen LogP contribution in [0.25, 0.3) is 0 Å². The molecule has 1 aromatic heterocycles. The minimum absolute atomic E-state index is 0. The molecule has 2 aromatic rings. The number of methoxy groups -OCH3 is 3. The Balaban J connectivity index is 0.00000420. The fraction of sp³-hybridized carbons (Fsp3) is 0.476. The van der Waals surface area contributed by atoms with Crippen molar-refractivity contribution >= 4 is 29.9 Å². The van der Waals surface area contributed by atoms with E-state index < -0.39 is 0 Å². The summed E-state index contributed by atoms with van der Waals surface area (Å²) in [5.74, 6) is 3.22. The third kappa shape index (κ3) is 7.77. The lowest BCUT2D eigenvalue weighted by Crippen LogP contribution is -2.40. The van der Waals surface area contributed by atoms with Crippen LogP contribution in [0.4, 0.5) is 0 Å². The van der Waals surface area contributed by atoms with Crippen molar-refractivity contribution in [2.24, 2.45) is 4.99 Å². The molecule has 0 aliphatic rings. The van der Waals surface area contributed by atoms with Crippen molar-refractivity contribution in [1.82, 2.24) is 10.2 Å². The summed E-state index contributed by atoms with van der Waals surface area (Å²) in [4.78, 5) is 6.74. The van der Waals surface area contributed by atoms with Gasteiger partial charge in [0.25, 0.3) is 0 Å². The maximum absolute atomic E-state index is 5.44. The molecule has 0 aliphatic carbocycles. The van der Waals surface area contributed by atoms with Gasteiger partial charge < -0.3 is 28.8 Å². The van der Waals surface area contributed by atoms with Gasteiger partial charge in [0.1, 0.15) is 5.76 Å². The first-order chi connectivity index (χ1) is 13.6. The number of guanidine groups is 1. The molecule has 7 nitrogen and oxygen atoms in total. The number of hydrogen-bond donors (Lipinski definition) is 1. The summed E-state index contributed by atoms with van der Waals surface area (Å²) in [5, 5.41) is 3.41. The third-order valence-electron chi connectivity index (χ3n) is 4.40. The van der Waals surface area contributed by atoms with Crippen molar-refractivity contribution in [2.45, 2.75) is 19.9 Å². The molecule has 0 saturated carbocycles. The number of nitrogens with zero attached hydrogens (tertiary/aromatic N) is 2. The number of aryl methyl sites for hydroxylation is 1. The van der Waals surface area contributed by atoms with E-state index in [-0.39, 0.29) is 24.0 Å². The van der Waals surface area contributed by atoms with E-state index in [2.05, 4.69) is 22.1 Å². The van der Waals surface area contributed by atoms with E-state index in [9.17, 15) is 0 Å². The summed E-state index contributed by atoms with van der Waals surface area (Å²) >= 11 is 0. The fourth-order valence-electron chi connectivity index (χ4n) is 2.83. The lowest BCUT2D eigenvalue weighted by atomic mass is 10.1. The first-order valence-corrected chi connectivity index (χ1v) is 9.31. The zero-order valence-electron chi connectivity index (χ0n) is 17.9. The van der Waals surface area contributed by atoms with Gasteiger partial charge in [0.2, 0.25) is 0 Å². The van der Waals surface area contributed by atoms with Gasteiger partial charge in [0.05, 0.1) is 33.6 Å². The van der Waals surface area contributed by atoms with Crippen LogP contribution in [0.1, 0.15) is 16.9 Å². The second kappa shape index (κ2) is 13.3. The van der Waals surface area contributed by atoms with E-state index >= 15 is 0 Å². The molecule has 8 heteroatoms. The van der Waals surface area contributed by atoms with Crippen molar-refractivity contribution < 1.29 is 18.6 Å². The average Bonchev–Trinajstić information content (AvgIpc) is 3.21. The SMILES string of the molecule is COCCN=C(NCCc1ccco1)N(C)Cc1cc(OC)c(OC)cc1C.I. The maximum Gasteiger partial charge on any atom is 0.194 e. The Morgan fingerprint density at radius 2 is 1.90 bits per heavy atom. The molecule has 0 aliphatic heterocycles. The van der Waals surface area contributed by atoms with Crippen molar-refractivity contribution in [3.8, 4) is 11.5 Å². The largest absolute Gasteiger partial charge is 0.493 e. The summed E-state index contributed by atoms with van der Waals surface area (Å²) in [6.45, 7) is 4.65. The molecule has 0 atom stereocenters. The molecule has 162 valence electrons. The normalized spacial score (nSPS) is 11.0. The van der Waals surface area contributed by atoms with E-state index in [4.69, 9.17) is 18.6 Å². The lowest BCUT2D eigenvalue weighted by molar-refractivity contribution is 0.207. The molecular weight excluding hydrogens is 485 g/mol. The quantitative estimate of drug-likeness (QED) is 0.225. The zero-order chi connectivity index (χ0) is 20.4. The van der Waals surface area contributed by atoms with Gasteiger partial charge in [0, 0.05) is 33.7 Å². The molecular formula is C21H32IN3O4. The minimum Gasteiger partial charge on any atom is -0.493 e. The maximum atomic E-state index is 5.44. The van der Waals surface area contributed by atoms with Crippen LogP contribution in [0.15, 0.2) is 39.9 Å². The van der Waals surface area contributed by atoms with Crippen molar-refractivity contribution in [2.75, 3.05) is 48.1 Å². The van der Waals surface area contributed by atoms with Crippen LogP contribution in [-0.2, 0) is 17.7 Å². The number of nitrogens with one attached hydrogen (secondary N) is 1. The Labute approximate surface area is 190 Å². The van der Waals surface area contributed by atoms with Crippen LogP contribution < -0.4 is 14.8 Å². The highest BCUT2D eigenvalue weighted by Crippen LogP contribution is 2.30. The first kappa shape index (κ1) is 25.1. The van der Waals surface area contributed by atoms with Gasteiger partial charge in [0.15, 0.2) is 17.5 Å². The van der Waals surface area contributed by atoms with Gasteiger partial charge in [-0.1, -0.05) is 0 Å². The van der Waals surface area contributed by atoms with E-state index in [0.29, 0.717) is 19.7 Å². The van der Waals surface area contributed by atoms with Crippen molar-refractivity contribution in [1.29, 1.82) is 0 Å². The number of halogens is 1. The molecule has 1 N–H and O–H groups in total. The number of ether oxygens (including phenoxy) is 3. The Bertz CT molecular complexity index is 751.